The lowest BCUT2D eigenvalue weighted by atomic mass is 10.3. The summed E-state index contributed by atoms with van der Waals surface area (Å²) < 4.78 is 18.9. The molecule has 19 heavy (non-hydrogen) atoms. The predicted molar refractivity (Wildman–Crippen MR) is 72.4 cm³/mol. The van der Waals surface area contributed by atoms with E-state index in [1.165, 1.54) is 0 Å². The fourth-order valence-electron chi connectivity index (χ4n) is 1.57. The molecule has 0 fully saturated rings. The first kappa shape index (κ1) is 13.1. The van der Waals surface area contributed by atoms with Crippen molar-refractivity contribution >= 4 is 17.5 Å². The fraction of sp³-hybridized carbons (Fsp3) is 0.231. The molecule has 2 N–H and O–H groups in total. The van der Waals surface area contributed by atoms with E-state index in [2.05, 4.69) is 20.6 Å². The molecule has 0 spiro atoms. The van der Waals surface area contributed by atoms with Gasteiger partial charge in [-0.3, -0.25) is 0 Å². The lowest BCUT2D eigenvalue weighted by Gasteiger charge is -2.11. The smallest absolute Gasteiger partial charge is 0.224 e. The van der Waals surface area contributed by atoms with E-state index in [4.69, 9.17) is 4.74 Å². The maximum atomic E-state index is 13.7. The van der Waals surface area contributed by atoms with Gasteiger partial charge in [0, 0.05) is 6.54 Å². The normalized spacial score (nSPS) is 10.1. The van der Waals surface area contributed by atoms with Crippen LogP contribution in [0.2, 0.25) is 0 Å². The van der Waals surface area contributed by atoms with Crippen LogP contribution >= 0.6 is 0 Å². The predicted octanol–water partition coefficient (Wildman–Crippen LogP) is 2.80. The average molecular weight is 262 g/mol. The van der Waals surface area contributed by atoms with Crippen LogP contribution in [0.4, 0.5) is 21.8 Å². The van der Waals surface area contributed by atoms with Gasteiger partial charge in [0.1, 0.15) is 5.75 Å². The lowest BCUT2D eigenvalue weighted by molar-refractivity contribution is 0.417. The van der Waals surface area contributed by atoms with Crippen LogP contribution in [0.5, 0.6) is 5.75 Å². The molecule has 100 valence electrons. The first-order valence-electron chi connectivity index (χ1n) is 5.91. The minimum absolute atomic E-state index is 0.107. The summed E-state index contributed by atoms with van der Waals surface area (Å²) in [5, 5.41) is 5.83. The largest absolute Gasteiger partial charge is 0.495 e. The first-order valence-corrected chi connectivity index (χ1v) is 5.91. The number of ether oxygens (including phenoxy) is 1. The van der Waals surface area contributed by atoms with Gasteiger partial charge in [-0.2, -0.15) is 4.98 Å². The first-order chi connectivity index (χ1) is 9.24. The van der Waals surface area contributed by atoms with E-state index >= 15 is 0 Å². The Hall–Kier alpha value is -2.37. The average Bonchev–Trinajstić information content (AvgIpc) is 2.43. The van der Waals surface area contributed by atoms with E-state index in [1.54, 1.807) is 19.2 Å². The maximum Gasteiger partial charge on any atom is 0.224 e. The van der Waals surface area contributed by atoms with Crippen molar-refractivity contribution in [1.29, 1.82) is 0 Å². The molecule has 1 heterocycles. The molecule has 0 atom stereocenters. The lowest BCUT2D eigenvalue weighted by Crippen LogP contribution is -2.06. The van der Waals surface area contributed by atoms with Gasteiger partial charge in [0.15, 0.2) is 11.6 Å². The van der Waals surface area contributed by atoms with Crippen molar-refractivity contribution in [2.45, 2.75) is 6.92 Å². The van der Waals surface area contributed by atoms with Crippen LogP contribution < -0.4 is 15.4 Å². The summed E-state index contributed by atoms with van der Waals surface area (Å²) >= 11 is 0. The summed E-state index contributed by atoms with van der Waals surface area (Å²) in [5.74, 6) is 0.579. The monoisotopic (exact) mass is 262 g/mol. The van der Waals surface area contributed by atoms with Crippen molar-refractivity contribution in [3.63, 3.8) is 0 Å². The molecule has 0 saturated carbocycles. The molecule has 5 nitrogen and oxygen atoms in total. The van der Waals surface area contributed by atoms with E-state index in [0.29, 0.717) is 23.9 Å². The number of nitrogens with zero attached hydrogens (tertiary/aromatic N) is 2. The number of hydrogen-bond acceptors (Lipinski definition) is 5. The number of methoxy groups -OCH3 is 1. The van der Waals surface area contributed by atoms with Crippen LogP contribution in [0.3, 0.4) is 0 Å². The second-order valence-corrected chi connectivity index (χ2v) is 3.75. The number of benzene rings is 1. The zero-order valence-electron chi connectivity index (χ0n) is 10.8. The quantitative estimate of drug-likeness (QED) is 0.867. The van der Waals surface area contributed by atoms with Gasteiger partial charge in [-0.25, -0.2) is 9.37 Å². The maximum absolute atomic E-state index is 13.7. The molecule has 0 radical (unpaired) electrons. The molecular weight excluding hydrogens is 247 g/mol. The zero-order chi connectivity index (χ0) is 13.7. The van der Waals surface area contributed by atoms with Crippen molar-refractivity contribution in [2.24, 2.45) is 0 Å². The van der Waals surface area contributed by atoms with E-state index in [1.807, 2.05) is 19.1 Å². The molecule has 0 unspecified atom stereocenters. The molecule has 1 aromatic carbocycles. The van der Waals surface area contributed by atoms with E-state index in [-0.39, 0.29) is 5.82 Å². The highest BCUT2D eigenvalue weighted by Gasteiger charge is 2.09. The van der Waals surface area contributed by atoms with Crippen molar-refractivity contribution < 1.29 is 9.13 Å². The summed E-state index contributed by atoms with van der Waals surface area (Å²) in [7, 11) is 1.56. The molecule has 2 aromatic rings. The van der Waals surface area contributed by atoms with E-state index in [0.717, 1.165) is 6.20 Å². The van der Waals surface area contributed by atoms with Gasteiger partial charge in [0.05, 0.1) is 19.0 Å². The molecule has 0 aliphatic heterocycles. The summed E-state index contributed by atoms with van der Waals surface area (Å²) in [6, 6.07) is 7.24. The Balaban J connectivity index is 2.29. The topological polar surface area (TPSA) is 59.1 Å². The Morgan fingerprint density at radius 3 is 2.84 bits per heavy atom. The van der Waals surface area contributed by atoms with E-state index < -0.39 is 5.82 Å². The standard InChI is InChI=1S/C13H15FN4O/c1-3-15-13-16-8-9(14)12(18-13)17-10-6-4-5-7-11(10)19-2/h4-8H,3H2,1-2H3,(H2,15,16,17,18). The molecule has 2 rings (SSSR count). The fourth-order valence-corrected chi connectivity index (χ4v) is 1.57. The highest BCUT2D eigenvalue weighted by atomic mass is 19.1. The van der Waals surface area contributed by atoms with Crippen LogP contribution in [0.25, 0.3) is 0 Å². The second-order valence-electron chi connectivity index (χ2n) is 3.75. The van der Waals surface area contributed by atoms with Crippen LogP contribution in [0.1, 0.15) is 6.92 Å². The van der Waals surface area contributed by atoms with Gasteiger partial charge in [0.2, 0.25) is 5.95 Å². The Labute approximate surface area is 110 Å². The third kappa shape index (κ3) is 3.09. The second kappa shape index (κ2) is 5.99. The summed E-state index contributed by atoms with van der Waals surface area (Å²) in [5.41, 5.74) is 0.644. The van der Waals surface area contributed by atoms with Gasteiger partial charge < -0.3 is 15.4 Å². The van der Waals surface area contributed by atoms with Crippen molar-refractivity contribution in [2.75, 3.05) is 24.3 Å². The Morgan fingerprint density at radius 2 is 2.11 bits per heavy atom. The van der Waals surface area contributed by atoms with Gasteiger partial charge in [-0.15, -0.1) is 0 Å². The Bertz CT molecular complexity index is 562. The summed E-state index contributed by atoms with van der Waals surface area (Å²) in [4.78, 5) is 7.91. The molecule has 6 heteroatoms. The van der Waals surface area contributed by atoms with Crippen LogP contribution in [0, 0.1) is 5.82 Å². The molecule has 0 bridgehead atoms. The zero-order valence-corrected chi connectivity index (χ0v) is 10.8. The molecular formula is C13H15FN4O. The van der Waals surface area contributed by atoms with Crippen LogP contribution in [-0.2, 0) is 0 Å². The van der Waals surface area contributed by atoms with Gasteiger partial charge in [-0.1, -0.05) is 12.1 Å². The highest BCUT2D eigenvalue weighted by molar-refractivity contribution is 5.64. The Morgan fingerprint density at radius 1 is 1.32 bits per heavy atom. The Kier molecular flexibility index (Phi) is 4.12. The minimum Gasteiger partial charge on any atom is -0.495 e. The number of halogens is 1. The molecule has 0 aliphatic carbocycles. The number of para-hydroxylation sites is 2. The van der Waals surface area contributed by atoms with Gasteiger partial charge in [0.25, 0.3) is 0 Å². The molecule has 0 aliphatic rings. The molecule has 0 amide bonds. The van der Waals surface area contributed by atoms with Crippen molar-refractivity contribution in [1.82, 2.24) is 9.97 Å². The van der Waals surface area contributed by atoms with Crippen molar-refractivity contribution in [3.8, 4) is 5.75 Å². The summed E-state index contributed by atoms with van der Waals surface area (Å²) in [6.07, 6.45) is 1.13. The highest BCUT2D eigenvalue weighted by Crippen LogP contribution is 2.27. The van der Waals surface area contributed by atoms with Gasteiger partial charge >= 0.3 is 0 Å². The SMILES string of the molecule is CCNc1ncc(F)c(Nc2ccccc2OC)n1. The number of nitrogens with one attached hydrogen (secondary N) is 2. The molecule has 1 aromatic heterocycles. The van der Waals surface area contributed by atoms with Crippen LogP contribution in [0.15, 0.2) is 30.5 Å². The van der Waals surface area contributed by atoms with E-state index in [9.17, 15) is 4.39 Å². The third-order valence-electron chi connectivity index (χ3n) is 2.44. The number of hydrogen-bond donors (Lipinski definition) is 2. The number of aromatic nitrogens is 2. The van der Waals surface area contributed by atoms with Crippen molar-refractivity contribution in [3.05, 3.63) is 36.3 Å². The van der Waals surface area contributed by atoms with Crippen LogP contribution in [-0.4, -0.2) is 23.6 Å². The minimum atomic E-state index is -0.521. The van der Waals surface area contributed by atoms with Gasteiger partial charge in [-0.05, 0) is 19.1 Å². The molecule has 0 saturated heterocycles. The third-order valence-corrected chi connectivity index (χ3v) is 2.44. The number of rotatable bonds is 5. The number of anilines is 3. The summed E-state index contributed by atoms with van der Waals surface area (Å²) in [6.45, 7) is 2.58.